The molecule has 0 fully saturated rings. The summed E-state index contributed by atoms with van der Waals surface area (Å²) in [5.41, 5.74) is 2.44. The Labute approximate surface area is 232 Å². The molecule has 0 aliphatic carbocycles. The van der Waals surface area contributed by atoms with E-state index in [0.717, 1.165) is 29.9 Å². The highest BCUT2D eigenvalue weighted by molar-refractivity contribution is 7.22. The van der Waals surface area contributed by atoms with Crippen molar-refractivity contribution in [3.05, 3.63) is 83.4 Å². The number of thiazole rings is 1. The van der Waals surface area contributed by atoms with Crippen LogP contribution in [-0.4, -0.2) is 61.0 Å². The molecular weight excluding hydrogens is 522 g/mol. The van der Waals surface area contributed by atoms with Crippen molar-refractivity contribution in [2.45, 2.75) is 13.8 Å². The largest absolute Gasteiger partial charge is 0.486 e. The van der Waals surface area contributed by atoms with Gasteiger partial charge in [-0.15, -0.1) is 12.4 Å². The van der Waals surface area contributed by atoms with Crippen molar-refractivity contribution >= 4 is 50.8 Å². The average Bonchev–Trinajstić information content (AvgIpc) is 3.36. The molecule has 2 heterocycles. The summed E-state index contributed by atoms with van der Waals surface area (Å²) in [5.74, 6) is 1.16. The fourth-order valence-electron chi connectivity index (χ4n) is 4.31. The number of likely N-dealkylation sites (N-methyl/N-ethyl adjacent to an activating group) is 1. The summed E-state index contributed by atoms with van der Waals surface area (Å²) in [6, 6.07) is 19.8. The third-order valence-corrected chi connectivity index (χ3v) is 7.52. The number of carbonyl (C=O) groups excluding carboxylic acids is 2. The lowest BCUT2D eigenvalue weighted by atomic mass is 10.0. The van der Waals surface area contributed by atoms with Crippen LogP contribution in [0.4, 0.5) is 5.13 Å². The molecule has 0 N–H and O–H groups in total. The minimum atomic E-state index is -0.151. The standard InChI is InChI=1S/C29H29N3O4S.ClH/c1-3-31(4-2)14-15-32(29-30-23-18-24-25(19-26(23)37-29)36-17-16-35-24)28(34)22-12-10-21(11-13-22)27(33)20-8-6-5-7-9-20;/h5-13,18-19H,3-4,14-17H2,1-2H3;1H. The van der Waals surface area contributed by atoms with E-state index in [1.54, 1.807) is 41.3 Å². The zero-order valence-electron chi connectivity index (χ0n) is 21.4. The Morgan fingerprint density at radius 2 is 1.45 bits per heavy atom. The summed E-state index contributed by atoms with van der Waals surface area (Å²) in [4.78, 5) is 35.4. The van der Waals surface area contributed by atoms with Crippen molar-refractivity contribution in [2.75, 3.05) is 44.3 Å². The number of rotatable bonds is 9. The molecule has 7 nitrogen and oxygen atoms in total. The van der Waals surface area contributed by atoms with Crippen molar-refractivity contribution in [1.82, 2.24) is 9.88 Å². The molecule has 0 saturated carbocycles. The molecule has 4 aromatic rings. The highest BCUT2D eigenvalue weighted by atomic mass is 35.5. The molecule has 38 heavy (non-hydrogen) atoms. The molecule has 198 valence electrons. The van der Waals surface area contributed by atoms with E-state index in [1.807, 2.05) is 30.3 Å². The molecule has 0 saturated heterocycles. The molecule has 1 aromatic heterocycles. The molecule has 1 amide bonds. The van der Waals surface area contributed by atoms with Gasteiger partial charge in [0.25, 0.3) is 5.91 Å². The average molecular weight is 552 g/mol. The van der Waals surface area contributed by atoms with Gasteiger partial charge in [0.1, 0.15) is 13.2 Å². The van der Waals surface area contributed by atoms with E-state index < -0.39 is 0 Å². The molecule has 0 atom stereocenters. The second-order valence-electron chi connectivity index (χ2n) is 8.72. The lowest BCUT2D eigenvalue weighted by Gasteiger charge is -2.24. The van der Waals surface area contributed by atoms with Gasteiger partial charge in [0.2, 0.25) is 0 Å². The summed E-state index contributed by atoms with van der Waals surface area (Å²) in [6.07, 6.45) is 0. The van der Waals surface area contributed by atoms with Gasteiger partial charge in [-0.05, 0) is 25.2 Å². The summed E-state index contributed by atoms with van der Waals surface area (Å²) in [7, 11) is 0. The van der Waals surface area contributed by atoms with E-state index in [9.17, 15) is 9.59 Å². The quantitative estimate of drug-likeness (QED) is 0.248. The van der Waals surface area contributed by atoms with Crippen LogP contribution in [0.5, 0.6) is 11.5 Å². The smallest absolute Gasteiger partial charge is 0.260 e. The van der Waals surface area contributed by atoms with Crippen molar-refractivity contribution in [3.63, 3.8) is 0 Å². The Hall–Kier alpha value is -3.46. The maximum Gasteiger partial charge on any atom is 0.260 e. The van der Waals surface area contributed by atoms with Gasteiger partial charge < -0.3 is 14.4 Å². The van der Waals surface area contributed by atoms with E-state index in [-0.39, 0.29) is 24.1 Å². The topological polar surface area (TPSA) is 72.0 Å². The Morgan fingerprint density at radius 3 is 2.11 bits per heavy atom. The number of hydrogen-bond donors (Lipinski definition) is 0. The molecule has 0 bridgehead atoms. The van der Waals surface area contributed by atoms with Crippen LogP contribution in [-0.2, 0) is 0 Å². The number of nitrogens with zero attached hydrogens (tertiary/aromatic N) is 3. The maximum absolute atomic E-state index is 13.8. The first-order valence-electron chi connectivity index (χ1n) is 12.5. The van der Waals surface area contributed by atoms with Gasteiger partial charge in [-0.1, -0.05) is 67.6 Å². The predicted octanol–water partition coefficient (Wildman–Crippen LogP) is 5.71. The zero-order valence-corrected chi connectivity index (χ0v) is 23.0. The van der Waals surface area contributed by atoms with Gasteiger partial charge in [0.05, 0.1) is 10.2 Å². The van der Waals surface area contributed by atoms with Gasteiger partial charge in [-0.25, -0.2) is 4.98 Å². The van der Waals surface area contributed by atoms with Crippen LogP contribution >= 0.6 is 23.7 Å². The first kappa shape index (κ1) is 27.6. The summed E-state index contributed by atoms with van der Waals surface area (Å²) < 4.78 is 12.4. The van der Waals surface area contributed by atoms with Crippen molar-refractivity contribution in [3.8, 4) is 11.5 Å². The minimum absolute atomic E-state index is 0. The molecule has 1 aliphatic rings. The maximum atomic E-state index is 13.8. The lowest BCUT2D eigenvalue weighted by Crippen LogP contribution is -2.38. The number of ketones is 1. The SMILES string of the molecule is CCN(CC)CCN(C(=O)c1ccc(C(=O)c2ccccc2)cc1)c1nc2cc3c(cc2s1)OCCO3.Cl. The van der Waals surface area contributed by atoms with Crippen molar-refractivity contribution in [2.24, 2.45) is 0 Å². The molecular formula is C29H30ClN3O4S. The number of ether oxygens (including phenoxy) is 2. The van der Waals surface area contributed by atoms with E-state index in [4.69, 9.17) is 14.5 Å². The zero-order chi connectivity index (χ0) is 25.8. The Balaban J connectivity index is 0.00000336. The van der Waals surface area contributed by atoms with Crippen LogP contribution in [0.3, 0.4) is 0 Å². The predicted molar refractivity (Wildman–Crippen MR) is 154 cm³/mol. The summed E-state index contributed by atoms with van der Waals surface area (Å²) >= 11 is 1.46. The number of amides is 1. The van der Waals surface area contributed by atoms with Crippen LogP contribution in [0.25, 0.3) is 10.2 Å². The van der Waals surface area contributed by atoms with Gasteiger partial charge in [0, 0.05) is 41.9 Å². The van der Waals surface area contributed by atoms with Gasteiger partial charge in [0.15, 0.2) is 22.4 Å². The van der Waals surface area contributed by atoms with E-state index in [1.165, 1.54) is 11.3 Å². The van der Waals surface area contributed by atoms with Crippen LogP contribution < -0.4 is 14.4 Å². The third kappa shape index (κ3) is 5.83. The van der Waals surface area contributed by atoms with Crippen molar-refractivity contribution in [1.29, 1.82) is 0 Å². The van der Waals surface area contributed by atoms with Crippen LogP contribution in [0, 0.1) is 0 Å². The number of halogens is 1. The number of anilines is 1. The Kier molecular flexibility index (Phi) is 8.99. The number of aromatic nitrogens is 1. The minimum Gasteiger partial charge on any atom is -0.486 e. The molecule has 9 heteroatoms. The molecule has 5 rings (SSSR count). The highest BCUT2D eigenvalue weighted by Crippen LogP contribution is 2.39. The lowest BCUT2D eigenvalue weighted by molar-refractivity contribution is 0.0981. The summed E-state index contributed by atoms with van der Waals surface area (Å²) in [6.45, 7) is 8.26. The molecule has 0 radical (unpaired) electrons. The number of fused-ring (bicyclic) bond motifs is 2. The highest BCUT2D eigenvalue weighted by Gasteiger charge is 2.24. The Morgan fingerprint density at radius 1 is 0.842 bits per heavy atom. The van der Waals surface area contributed by atoms with Crippen LogP contribution in [0.15, 0.2) is 66.7 Å². The molecule has 0 spiro atoms. The van der Waals surface area contributed by atoms with E-state index >= 15 is 0 Å². The van der Waals surface area contributed by atoms with Gasteiger partial charge in [-0.2, -0.15) is 0 Å². The van der Waals surface area contributed by atoms with Gasteiger partial charge in [-0.3, -0.25) is 14.5 Å². The fourth-order valence-corrected chi connectivity index (χ4v) is 5.31. The van der Waals surface area contributed by atoms with Crippen LogP contribution in [0.2, 0.25) is 0 Å². The fraction of sp³-hybridized carbons (Fsp3) is 0.276. The van der Waals surface area contributed by atoms with Gasteiger partial charge >= 0.3 is 0 Å². The Bertz CT molecular complexity index is 1360. The normalized spacial score (nSPS) is 12.3. The van der Waals surface area contributed by atoms with E-state index in [2.05, 4.69) is 18.7 Å². The number of hydrogen-bond acceptors (Lipinski definition) is 7. The molecule has 3 aromatic carbocycles. The molecule has 1 aliphatic heterocycles. The first-order chi connectivity index (χ1) is 18.1. The first-order valence-corrected chi connectivity index (χ1v) is 13.3. The molecule has 0 unspecified atom stereocenters. The number of carbonyl (C=O) groups is 2. The van der Waals surface area contributed by atoms with E-state index in [0.29, 0.717) is 53.1 Å². The number of benzene rings is 3. The summed E-state index contributed by atoms with van der Waals surface area (Å²) in [5, 5.41) is 0.624. The van der Waals surface area contributed by atoms with Crippen molar-refractivity contribution < 1.29 is 19.1 Å². The second kappa shape index (κ2) is 12.4. The monoisotopic (exact) mass is 551 g/mol. The third-order valence-electron chi connectivity index (χ3n) is 6.48. The second-order valence-corrected chi connectivity index (χ2v) is 9.73. The van der Waals surface area contributed by atoms with Crippen LogP contribution in [0.1, 0.15) is 40.1 Å².